The normalized spacial score (nSPS) is 20.5. The van der Waals surface area contributed by atoms with E-state index < -0.39 is 5.60 Å². The molecule has 28 heavy (non-hydrogen) atoms. The van der Waals surface area contributed by atoms with Crippen molar-refractivity contribution < 1.29 is 9.84 Å². The molecule has 152 valence electrons. The number of nitrogens with zero attached hydrogens (tertiary/aromatic N) is 4. The van der Waals surface area contributed by atoms with Crippen LogP contribution in [-0.2, 0) is 17.8 Å². The number of rotatable bonds is 5. The second-order valence-corrected chi connectivity index (χ2v) is 8.31. The Bertz CT molecular complexity index is 790. The number of aromatic nitrogens is 2. The standard InChI is InChI=1S/C22H32N4O2/c1-18-15-21(25-11-13-28-14-12-25)4-3-20(18)16-24-8-5-22(27,6-9-24)17-26-10-7-23-19(26)2/h3-4,7,10,15,27H,5-6,8-9,11-14,16-17H2,1-2H3. The summed E-state index contributed by atoms with van der Waals surface area (Å²) in [5, 5.41) is 11.0. The first-order chi connectivity index (χ1) is 13.5. The van der Waals surface area contributed by atoms with Gasteiger partial charge in [0.25, 0.3) is 0 Å². The zero-order chi connectivity index (χ0) is 19.6. The van der Waals surface area contributed by atoms with Gasteiger partial charge in [-0.15, -0.1) is 0 Å². The van der Waals surface area contributed by atoms with Crippen molar-refractivity contribution in [3.8, 4) is 0 Å². The van der Waals surface area contributed by atoms with Gasteiger partial charge in [0.1, 0.15) is 5.82 Å². The molecule has 0 bridgehead atoms. The van der Waals surface area contributed by atoms with Gasteiger partial charge in [-0.1, -0.05) is 6.07 Å². The lowest BCUT2D eigenvalue weighted by atomic mass is 9.90. The van der Waals surface area contributed by atoms with Crippen LogP contribution in [0.1, 0.15) is 29.8 Å². The zero-order valence-electron chi connectivity index (χ0n) is 17.1. The molecular formula is C22H32N4O2. The largest absolute Gasteiger partial charge is 0.388 e. The molecule has 0 spiro atoms. The Balaban J connectivity index is 1.33. The molecule has 1 aromatic heterocycles. The molecule has 0 saturated carbocycles. The van der Waals surface area contributed by atoms with Gasteiger partial charge in [-0.3, -0.25) is 4.90 Å². The lowest BCUT2D eigenvalue weighted by molar-refractivity contribution is -0.0361. The average molecular weight is 385 g/mol. The maximum absolute atomic E-state index is 11.0. The first-order valence-corrected chi connectivity index (χ1v) is 10.4. The van der Waals surface area contributed by atoms with Gasteiger partial charge in [0.05, 0.1) is 25.4 Å². The number of anilines is 1. The fraction of sp³-hybridized carbons (Fsp3) is 0.591. The molecule has 1 N–H and O–H groups in total. The maximum atomic E-state index is 11.0. The highest BCUT2D eigenvalue weighted by atomic mass is 16.5. The van der Waals surface area contributed by atoms with Gasteiger partial charge in [-0.25, -0.2) is 4.98 Å². The minimum absolute atomic E-state index is 0.628. The molecule has 2 aliphatic rings. The minimum atomic E-state index is -0.628. The lowest BCUT2D eigenvalue weighted by Gasteiger charge is -2.38. The number of piperidine rings is 1. The summed E-state index contributed by atoms with van der Waals surface area (Å²) in [6, 6.07) is 6.83. The summed E-state index contributed by atoms with van der Waals surface area (Å²) in [4.78, 5) is 9.13. The fourth-order valence-electron chi connectivity index (χ4n) is 4.29. The molecule has 4 rings (SSSR count). The van der Waals surface area contributed by atoms with E-state index in [9.17, 15) is 5.11 Å². The Hall–Kier alpha value is -1.89. The Labute approximate surface area is 167 Å². The van der Waals surface area contributed by atoms with E-state index in [1.807, 2.05) is 13.1 Å². The molecule has 0 unspecified atom stereocenters. The van der Waals surface area contributed by atoms with E-state index in [-0.39, 0.29) is 0 Å². The number of likely N-dealkylation sites (tertiary alicyclic amines) is 1. The zero-order valence-corrected chi connectivity index (χ0v) is 17.1. The summed E-state index contributed by atoms with van der Waals surface area (Å²) in [5.74, 6) is 0.965. The van der Waals surface area contributed by atoms with Crippen molar-refractivity contribution >= 4 is 5.69 Å². The molecule has 0 atom stereocenters. The smallest absolute Gasteiger partial charge is 0.105 e. The van der Waals surface area contributed by atoms with Crippen molar-refractivity contribution in [2.75, 3.05) is 44.3 Å². The van der Waals surface area contributed by atoms with E-state index in [4.69, 9.17) is 4.74 Å². The van der Waals surface area contributed by atoms with E-state index >= 15 is 0 Å². The molecule has 3 heterocycles. The molecule has 2 fully saturated rings. The highest BCUT2D eigenvalue weighted by Crippen LogP contribution is 2.27. The topological polar surface area (TPSA) is 53.8 Å². The van der Waals surface area contributed by atoms with Crippen molar-refractivity contribution in [3.05, 3.63) is 47.5 Å². The van der Waals surface area contributed by atoms with E-state index in [0.717, 1.165) is 64.6 Å². The molecule has 6 heteroatoms. The Morgan fingerprint density at radius 1 is 1.11 bits per heavy atom. The first kappa shape index (κ1) is 19.4. The molecule has 1 aromatic carbocycles. The number of hydrogen-bond acceptors (Lipinski definition) is 5. The van der Waals surface area contributed by atoms with E-state index in [1.54, 1.807) is 6.20 Å². The van der Waals surface area contributed by atoms with Crippen molar-refractivity contribution in [2.45, 2.75) is 45.4 Å². The number of imidazole rings is 1. The van der Waals surface area contributed by atoms with Gasteiger partial charge in [0.2, 0.25) is 0 Å². The molecule has 2 saturated heterocycles. The molecule has 0 aliphatic carbocycles. The average Bonchev–Trinajstić information content (AvgIpc) is 3.10. The van der Waals surface area contributed by atoms with Crippen LogP contribution in [-0.4, -0.2) is 64.6 Å². The fourth-order valence-corrected chi connectivity index (χ4v) is 4.29. The van der Waals surface area contributed by atoms with Crippen LogP contribution >= 0.6 is 0 Å². The minimum Gasteiger partial charge on any atom is -0.388 e. The van der Waals surface area contributed by atoms with Crippen molar-refractivity contribution in [2.24, 2.45) is 0 Å². The SMILES string of the molecule is Cc1cc(N2CCOCC2)ccc1CN1CCC(O)(Cn2ccnc2C)CC1. The Morgan fingerprint density at radius 2 is 1.86 bits per heavy atom. The predicted octanol–water partition coefficient (Wildman–Crippen LogP) is 2.36. The monoisotopic (exact) mass is 384 g/mol. The van der Waals surface area contributed by atoms with Gasteiger partial charge in [0.15, 0.2) is 0 Å². The van der Waals surface area contributed by atoms with Crippen LogP contribution in [0.25, 0.3) is 0 Å². The third-order valence-electron chi connectivity index (χ3n) is 6.27. The Kier molecular flexibility index (Phi) is 5.71. The molecule has 0 amide bonds. The molecule has 6 nitrogen and oxygen atoms in total. The van der Waals surface area contributed by atoms with Crippen molar-refractivity contribution in [1.82, 2.24) is 14.5 Å². The molecule has 0 radical (unpaired) electrons. The predicted molar refractivity (Wildman–Crippen MR) is 111 cm³/mol. The van der Waals surface area contributed by atoms with E-state index in [1.165, 1.54) is 16.8 Å². The highest BCUT2D eigenvalue weighted by Gasteiger charge is 2.33. The quantitative estimate of drug-likeness (QED) is 0.858. The number of aryl methyl sites for hydroxylation is 2. The first-order valence-electron chi connectivity index (χ1n) is 10.4. The second-order valence-electron chi connectivity index (χ2n) is 8.31. The van der Waals surface area contributed by atoms with Crippen molar-refractivity contribution in [1.29, 1.82) is 0 Å². The van der Waals surface area contributed by atoms with Crippen LogP contribution in [0.4, 0.5) is 5.69 Å². The third-order valence-corrected chi connectivity index (χ3v) is 6.27. The van der Waals surface area contributed by atoms with Crippen LogP contribution in [0.5, 0.6) is 0 Å². The summed E-state index contributed by atoms with van der Waals surface area (Å²) in [6.07, 6.45) is 5.36. The van der Waals surface area contributed by atoms with Gasteiger partial charge < -0.3 is 19.3 Å². The number of benzene rings is 1. The third kappa shape index (κ3) is 4.40. The van der Waals surface area contributed by atoms with E-state index in [0.29, 0.717) is 6.54 Å². The number of hydrogen-bond donors (Lipinski definition) is 1. The second kappa shape index (κ2) is 8.23. The van der Waals surface area contributed by atoms with Crippen LogP contribution in [0.2, 0.25) is 0 Å². The van der Waals surface area contributed by atoms with Crippen LogP contribution in [0, 0.1) is 13.8 Å². The molecule has 2 aliphatic heterocycles. The number of ether oxygens (including phenoxy) is 1. The van der Waals surface area contributed by atoms with Gasteiger partial charge >= 0.3 is 0 Å². The summed E-state index contributed by atoms with van der Waals surface area (Å²) < 4.78 is 7.52. The lowest BCUT2D eigenvalue weighted by Crippen LogP contribution is -2.46. The summed E-state index contributed by atoms with van der Waals surface area (Å²) in [6.45, 7) is 11.2. The number of aliphatic hydroxyl groups is 1. The maximum Gasteiger partial charge on any atom is 0.105 e. The molecular weight excluding hydrogens is 352 g/mol. The van der Waals surface area contributed by atoms with E-state index in [2.05, 4.69) is 44.5 Å². The summed E-state index contributed by atoms with van der Waals surface area (Å²) in [7, 11) is 0. The number of morpholine rings is 1. The van der Waals surface area contributed by atoms with Crippen LogP contribution in [0.15, 0.2) is 30.6 Å². The Morgan fingerprint density at radius 3 is 2.50 bits per heavy atom. The summed E-state index contributed by atoms with van der Waals surface area (Å²) in [5.41, 5.74) is 3.40. The van der Waals surface area contributed by atoms with Gasteiger partial charge in [0, 0.05) is 50.8 Å². The summed E-state index contributed by atoms with van der Waals surface area (Å²) >= 11 is 0. The van der Waals surface area contributed by atoms with Gasteiger partial charge in [-0.05, 0) is 49.9 Å². The van der Waals surface area contributed by atoms with Crippen LogP contribution < -0.4 is 4.90 Å². The van der Waals surface area contributed by atoms with Crippen LogP contribution in [0.3, 0.4) is 0 Å². The van der Waals surface area contributed by atoms with Crippen molar-refractivity contribution in [3.63, 3.8) is 0 Å². The highest BCUT2D eigenvalue weighted by molar-refractivity contribution is 5.51. The van der Waals surface area contributed by atoms with Gasteiger partial charge in [-0.2, -0.15) is 0 Å². The molecule has 2 aromatic rings.